The van der Waals surface area contributed by atoms with Gasteiger partial charge in [0.25, 0.3) is 0 Å². The molecule has 4 nitrogen and oxygen atoms in total. The van der Waals surface area contributed by atoms with Gasteiger partial charge in [-0.25, -0.2) is 0 Å². The van der Waals surface area contributed by atoms with E-state index in [1.165, 1.54) is 5.56 Å². The third-order valence-electron chi connectivity index (χ3n) is 3.66. The van der Waals surface area contributed by atoms with Crippen LogP contribution in [0.4, 0.5) is 0 Å². The van der Waals surface area contributed by atoms with Gasteiger partial charge in [0.1, 0.15) is 0 Å². The highest BCUT2D eigenvalue weighted by atomic mass is 16.5. The van der Waals surface area contributed by atoms with Gasteiger partial charge in [0.05, 0.1) is 14.2 Å². The van der Waals surface area contributed by atoms with Crippen molar-refractivity contribution in [3.63, 3.8) is 0 Å². The van der Waals surface area contributed by atoms with Gasteiger partial charge < -0.3 is 20.5 Å². The molecule has 0 aliphatic carbocycles. The van der Waals surface area contributed by atoms with E-state index >= 15 is 0 Å². The van der Waals surface area contributed by atoms with E-state index in [-0.39, 0.29) is 0 Å². The Balaban J connectivity index is 2.18. The van der Waals surface area contributed by atoms with E-state index in [0.29, 0.717) is 12.0 Å². The molecular formula is C14H22N2O2. The molecule has 1 aromatic carbocycles. The minimum absolute atomic E-state index is 0.331. The summed E-state index contributed by atoms with van der Waals surface area (Å²) in [5, 5.41) is 3.55. The number of benzene rings is 1. The van der Waals surface area contributed by atoms with E-state index in [0.717, 1.165) is 37.4 Å². The molecule has 18 heavy (non-hydrogen) atoms. The smallest absolute Gasteiger partial charge is 0.165 e. The van der Waals surface area contributed by atoms with Crippen LogP contribution in [0.3, 0.4) is 0 Å². The summed E-state index contributed by atoms with van der Waals surface area (Å²) in [4.78, 5) is 0. The highest BCUT2D eigenvalue weighted by molar-refractivity contribution is 5.48. The Bertz CT molecular complexity index is 387. The van der Waals surface area contributed by atoms with Gasteiger partial charge in [-0.2, -0.15) is 0 Å². The molecule has 4 heteroatoms. The number of hydrogen-bond donors (Lipinski definition) is 2. The Kier molecular flexibility index (Phi) is 4.44. The van der Waals surface area contributed by atoms with Crippen molar-refractivity contribution in [1.82, 2.24) is 5.32 Å². The summed E-state index contributed by atoms with van der Waals surface area (Å²) in [5.41, 5.74) is 6.88. The maximum atomic E-state index is 5.70. The van der Waals surface area contributed by atoms with Gasteiger partial charge in [-0.05, 0) is 37.9 Å². The number of methoxy groups -OCH3 is 2. The Morgan fingerprint density at radius 3 is 2.67 bits per heavy atom. The summed E-state index contributed by atoms with van der Waals surface area (Å²) in [7, 11) is 3.35. The van der Waals surface area contributed by atoms with Crippen LogP contribution in [0.5, 0.6) is 11.5 Å². The van der Waals surface area contributed by atoms with E-state index in [4.69, 9.17) is 15.2 Å². The molecule has 1 aliphatic rings. The highest BCUT2D eigenvalue weighted by Crippen LogP contribution is 2.37. The zero-order chi connectivity index (χ0) is 13.0. The quantitative estimate of drug-likeness (QED) is 0.854. The normalized spacial score (nSPS) is 23.7. The first-order valence-electron chi connectivity index (χ1n) is 6.44. The zero-order valence-electron chi connectivity index (χ0n) is 11.1. The molecule has 0 aromatic heterocycles. The second-order valence-corrected chi connectivity index (χ2v) is 4.72. The van der Waals surface area contributed by atoms with Crippen LogP contribution >= 0.6 is 0 Å². The molecule has 2 unspecified atom stereocenters. The van der Waals surface area contributed by atoms with Gasteiger partial charge in [-0.15, -0.1) is 0 Å². The van der Waals surface area contributed by atoms with Gasteiger partial charge in [0.2, 0.25) is 0 Å². The molecule has 1 aromatic rings. The van der Waals surface area contributed by atoms with Crippen molar-refractivity contribution in [1.29, 1.82) is 0 Å². The lowest BCUT2D eigenvalue weighted by Gasteiger charge is -2.30. The second-order valence-electron chi connectivity index (χ2n) is 4.72. The zero-order valence-corrected chi connectivity index (χ0v) is 11.1. The first-order chi connectivity index (χ1) is 8.80. The van der Waals surface area contributed by atoms with Gasteiger partial charge in [-0.1, -0.05) is 12.1 Å². The summed E-state index contributed by atoms with van der Waals surface area (Å²) in [6.07, 6.45) is 2.25. The average Bonchev–Trinajstić information content (AvgIpc) is 2.46. The first-order valence-corrected chi connectivity index (χ1v) is 6.44. The fourth-order valence-corrected chi connectivity index (χ4v) is 2.57. The summed E-state index contributed by atoms with van der Waals surface area (Å²) in [5.74, 6) is 2.22. The number of hydrogen-bond acceptors (Lipinski definition) is 4. The van der Waals surface area contributed by atoms with Gasteiger partial charge in [0.15, 0.2) is 11.5 Å². The molecule has 1 fully saturated rings. The predicted molar refractivity (Wildman–Crippen MR) is 72.1 cm³/mol. The highest BCUT2D eigenvalue weighted by Gasteiger charge is 2.24. The summed E-state index contributed by atoms with van der Waals surface area (Å²) < 4.78 is 10.8. The Labute approximate surface area is 108 Å². The van der Waals surface area contributed by atoms with Crippen molar-refractivity contribution in [2.24, 2.45) is 11.7 Å². The molecule has 2 atom stereocenters. The van der Waals surface area contributed by atoms with Gasteiger partial charge in [-0.3, -0.25) is 0 Å². The number of nitrogens with one attached hydrogen (secondary N) is 1. The molecule has 2 rings (SSSR count). The van der Waals surface area contributed by atoms with E-state index in [1.54, 1.807) is 14.2 Å². The van der Waals surface area contributed by atoms with Gasteiger partial charge >= 0.3 is 0 Å². The molecule has 3 N–H and O–H groups in total. The van der Waals surface area contributed by atoms with Crippen LogP contribution in [0, 0.1) is 5.92 Å². The predicted octanol–water partition coefficient (Wildman–Crippen LogP) is 1.70. The van der Waals surface area contributed by atoms with Crippen LogP contribution in [-0.2, 0) is 0 Å². The molecular weight excluding hydrogens is 228 g/mol. The SMILES string of the molecule is COc1cccc(C2CCC(CN)CN2)c1OC. The lowest BCUT2D eigenvalue weighted by Crippen LogP contribution is -2.36. The molecule has 0 amide bonds. The van der Waals surface area contributed by atoms with Crippen molar-refractivity contribution >= 4 is 0 Å². The Morgan fingerprint density at radius 1 is 1.28 bits per heavy atom. The van der Waals surface area contributed by atoms with Crippen molar-refractivity contribution in [3.8, 4) is 11.5 Å². The number of para-hydroxylation sites is 1. The van der Waals surface area contributed by atoms with E-state index in [9.17, 15) is 0 Å². The topological polar surface area (TPSA) is 56.5 Å². The molecule has 1 heterocycles. The fraction of sp³-hybridized carbons (Fsp3) is 0.571. The summed E-state index contributed by atoms with van der Waals surface area (Å²) >= 11 is 0. The maximum Gasteiger partial charge on any atom is 0.165 e. The van der Waals surface area contributed by atoms with Crippen LogP contribution in [0.1, 0.15) is 24.4 Å². The third kappa shape index (κ3) is 2.60. The Hall–Kier alpha value is -1.26. The van der Waals surface area contributed by atoms with Gasteiger partial charge in [0, 0.05) is 11.6 Å². The molecule has 0 spiro atoms. The lowest BCUT2D eigenvalue weighted by molar-refractivity contribution is 0.304. The lowest BCUT2D eigenvalue weighted by atomic mass is 9.90. The molecule has 0 radical (unpaired) electrons. The minimum atomic E-state index is 0.331. The number of nitrogens with two attached hydrogens (primary N) is 1. The van der Waals surface area contributed by atoms with Crippen LogP contribution < -0.4 is 20.5 Å². The molecule has 0 bridgehead atoms. The standard InChI is InChI=1S/C14H22N2O2/c1-17-13-5-3-4-11(14(13)18-2)12-7-6-10(8-15)9-16-12/h3-5,10,12,16H,6-9,15H2,1-2H3. The molecule has 100 valence electrons. The largest absolute Gasteiger partial charge is 0.493 e. The molecule has 0 saturated carbocycles. The minimum Gasteiger partial charge on any atom is -0.493 e. The Morgan fingerprint density at radius 2 is 2.11 bits per heavy atom. The van der Waals surface area contributed by atoms with Crippen LogP contribution in [0.25, 0.3) is 0 Å². The maximum absolute atomic E-state index is 5.70. The average molecular weight is 250 g/mol. The number of rotatable bonds is 4. The fourth-order valence-electron chi connectivity index (χ4n) is 2.57. The monoisotopic (exact) mass is 250 g/mol. The number of ether oxygens (including phenoxy) is 2. The van der Waals surface area contributed by atoms with Crippen LogP contribution in [-0.4, -0.2) is 27.3 Å². The van der Waals surface area contributed by atoms with E-state index in [2.05, 4.69) is 11.4 Å². The summed E-state index contributed by atoms with van der Waals surface area (Å²) in [6, 6.07) is 6.36. The third-order valence-corrected chi connectivity index (χ3v) is 3.66. The van der Waals surface area contributed by atoms with Crippen molar-refractivity contribution in [3.05, 3.63) is 23.8 Å². The van der Waals surface area contributed by atoms with Crippen LogP contribution in [0.15, 0.2) is 18.2 Å². The van der Waals surface area contributed by atoms with Crippen molar-refractivity contribution < 1.29 is 9.47 Å². The van der Waals surface area contributed by atoms with Crippen molar-refractivity contribution in [2.45, 2.75) is 18.9 Å². The van der Waals surface area contributed by atoms with E-state index < -0.39 is 0 Å². The summed E-state index contributed by atoms with van der Waals surface area (Å²) in [6.45, 7) is 1.73. The van der Waals surface area contributed by atoms with Crippen molar-refractivity contribution in [2.75, 3.05) is 27.3 Å². The second kappa shape index (κ2) is 6.07. The first kappa shape index (κ1) is 13.2. The molecule has 1 aliphatic heterocycles. The number of piperidine rings is 1. The molecule has 1 saturated heterocycles. The van der Waals surface area contributed by atoms with Crippen LogP contribution in [0.2, 0.25) is 0 Å². The van der Waals surface area contributed by atoms with E-state index in [1.807, 2.05) is 12.1 Å².